The second-order valence-corrected chi connectivity index (χ2v) is 10.1. The Hall–Kier alpha value is -1.96. The van der Waals surface area contributed by atoms with E-state index in [9.17, 15) is 25.9 Å². The molecule has 0 saturated carbocycles. The summed E-state index contributed by atoms with van der Waals surface area (Å²) in [5.74, 6) is 1.50. The fourth-order valence-electron chi connectivity index (χ4n) is 2.75. The molecule has 2 rings (SSSR count). The van der Waals surface area contributed by atoms with Gasteiger partial charge in [0.25, 0.3) is 0 Å². The smallest absolute Gasteiger partial charge is 0.217 e. The van der Waals surface area contributed by atoms with Crippen LogP contribution in [0.15, 0.2) is 60.1 Å². The van der Waals surface area contributed by atoms with E-state index in [1.165, 1.54) is 47.2 Å². The zero-order chi connectivity index (χ0) is 25.3. The monoisotopic (exact) mass is 504 g/mol. The minimum absolute atomic E-state index is 0.479. The van der Waals surface area contributed by atoms with Crippen molar-refractivity contribution in [3.05, 3.63) is 50.1 Å². The maximum atomic E-state index is 9.60. The molecule has 0 aromatic carbocycles. The Balaban J connectivity index is 0.000000605. The molecule has 0 amide bonds. The Morgan fingerprint density at radius 1 is 0.818 bits per heavy atom. The molecule has 2 atom stereocenters. The van der Waals surface area contributed by atoms with E-state index in [4.69, 9.17) is 0 Å². The van der Waals surface area contributed by atoms with Crippen LogP contribution in [0.4, 0.5) is 0 Å². The molecule has 2 heterocycles. The van der Waals surface area contributed by atoms with Gasteiger partial charge in [0.2, 0.25) is 11.7 Å². The molecular formula is C21H36N4O6S2. The fraction of sp³-hybridized carbons (Fsp3) is 0.524. The maximum absolute atomic E-state index is 9.60. The van der Waals surface area contributed by atoms with E-state index in [-0.39, 0.29) is 0 Å². The van der Waals surface area contributed by atoms with Gasteiger partial charge < -0.3 is 9.11 Å². The zero-order valence-corrected chi connectivity index (χ0v) is 21.0. The molecule has 188 valence electrons. The van der Waals surface area contributed by atoms with Gasteiger partial charge in [-0.2, -0.15) is 0 Å². The molecule has 0 spiro atoms. The summed E-state index contributed by atoms with van der Waals surface area (Å²) in [6.07, 6.45) is 16.2. The summed E-state index contributed by atoms with van der Waals surface area (Å²) < 4.78 is 57.6. The van der Waals surface area contributed by atoms with E-state index in [0.717, 1.165) is 31.7 Å². The van der Waals surface area contributed by atoms with Crippen LogP contribution in [0.5, 0.6) is 0 Å². The maximum Gasteiger partial charge on any atom is 0.217 e. The average molecular weight is 505 g/mol. The van der Waals surface area contributed by atoms with Crippen molar-refractivity contribution in [3.8, 4) is 0 Å². The highest BCUT2D eigenvalue weighted by molar-refractivity contribution is 7.86. The number of nitrogens with zero attached hydrogens (tertiary/aromatic N) is 2. The summed E-state index contributed by atoms with van der Waals surface area (Å²) in [4.78, 5) is 11.9. The van der Waals surface area contributed by atoms with Crippen LogP contribution in [0.1, 0.15) is 46.0 Å². The molecule has 0 aromatic rings. The van der Waals surface area contributed by atoms with Crippen LogP contribution in [0.25, 0.3) is 0 Å². The second-order valence-electron chi connectivity index (χ2n) is 7.24. The topological polar surface area (TPSA) is 148 Å². The summed E-state index contributed by atoms with van der Waals surface area (Å²) in [6.45, 7) is 12.9. The Kier molecular flexibility index (Phi) is 15.6. The average Bonchev–Trinajstić information content (AvgIpc) is 3.33. The largest absolute Gasteiger partial charge is 0.748 e. The van der Waals surface area contributed by atoms with Gasteiger partial charge in [-0.25, -0.2) is 26.8 Å². The van der Waals surface area contributed by atoms with Crippen LogP contribution >= 0.6 is 0 Å². The quantitative estimate of drug-likeness (QED) is 0.281. The van der Waals surface area contributed by atoms with Crippen molar-refractivity contribution >= 4 is 31.9 Å². The molecule has 2 aliphatic heterocycles. The van der Waals surface area contributed by atoms with Crippen LogP contribution in [0.3, 0.4) is 0 Å². The minimum Gasteiger partial charge on any atom is -0.748 e. The van der Waals surface area contributed by atoms with Crippen molar-refractivity contribution in [2.24, 2.45) is 9.98 Å². The van der Waals surface area contributed by atoms with Gasteiger partial charge in [0.05, 0.1) is 57.2 Å². The van der Waals surface area contributed by atoms with Crippen LogP contribution in [-0.4, -0.2) is 62.2 Å². The number of aliphatic imine (C=N–C) groups is 2. The summed E-state index contributed by atoms with van der Waals surface area (Å²) in [5, 5.41) is 0. The predicted molar refractivity (Wildman–Crippen MR) is 129 cm³/mol. The van der Waals surface area contributed by atoms with E-state index in [0.29, 0.717) is 0 Å². The van der Waals surface area contributed by atoms with Gasteiger partial charge in [0.1, 0.15) is 18.8 Å². The lowest BCUT2D eigenvalue weighted by molar-refractivity contribution is -0.754. The third-order valence-electron chi connectivity index (χ3n) is 4.33. The third-order valence-corrected chi connectivity index (χ3v) is 5.62. The van der Waals surface area contributed by atoms with Crippen molar-refractivity contribution in [1.29, 1.82) is 0 Å². The van der Waals surface area contributed by atoms with Gasteiger partial charge in [0, 0.05) is 0 Å². The molecule has 0 aromatic heterocycles. The highest BCUT2D eigenvalue weighted by atomic mass is 32.2. The van der Waals surface area contributed by atoms with Crippen molar-refractivity contribution in [1.82, 2.24) is 0 Å². The van der Waals surface area contributed by atoms with Gasteiger partial charge >= 0.3 is 0 Å². The van der Waals surface area contributed by atoms with E-state index in [2.05, 4.69) is 49.4 Å². The number of unbranched alkanes of at least 4 members (excludes halogenated alkanes) is 2. The van der Waals surface area contributed by atoms with E-state index >= 15 is 0 Å². The number of amidine groups is 2. The molecule has 0 bridgehead atoms. The Morgan fingerprint density at radius 3 is 1.42 bits per heavy atom. The van der Waals surface area contributed by atoms with E-state index in [1.807, 2.05) is 12.4 Å². The van der Waals surface area contributed by atoms with Gasteiger partial charge in [-0.05, 0) is 12.8 Å². The standard InChI is InChI=1S/C15H24N4.2C3H6O3S/c1-3-5-9-18-11-7-16-14(18)13-15-17-8-12-19(15)10-6-4-2;2*1-2-3-7(4,5)6/h7-8,11-12H,3-6,9-10,13H2,1-2H3;2*2H,1,3H2,(H,4,5,6). The van der Waals surface area contributed by atoms with Gasteiger partial charge in [0.15, 0.2) is 0 Å². The zero-order valence-electron chi connectivity index (χ0n) is 19.4. The first-order valence-electron chi connectivity index (χ1n) is 10.7. The molecule has 12 heteroatoms. The van der Waals surface area contributed by atoms with Crippen molar-refractivity contribution in [2.45, 2.75) is 46.0 Å². The molecular weight excluding hydrogens is 468 g/mol. The molecule has 0 aliphatic carbocycles. The van der Waals surface area contributed by atoms with Crippen LogP contribution in [0, 0.1) is 0 Å². The first-order valence-corrected chi connectivity index (χ1v) is 13.9. The Bertz CT molecular complexity index is 862. The first kappa shape index (κ1) is 31.0. The van der Waals surface area contributed by atoms with Crippen LogP contribution < -0.4 is 9.80 Å². The third kappa shape index (κ3) is 16.3. The fourth-order valence-corrected chi connectivity index (χ4v) is 3.33. The molecule has 0 fully saturated rings. The highest BCUT2D eigenvalue weighted by Gasteiger charge is 2.27. The predicted octanol–water partition coefficient (Wildman–Crippen LogP) is -0.0517. The number of quaternary nitrogens is 2. The number of hydrogen-bond acceptors (Lipinski definition) is 8. The molecule has 10 nitrogen and oxygen atoms in total. The number of nitrogens with one attached hydrogen (secondary N) is 2. The first-order chi connectivity index (χ1) is 15.5. The highest BCUT2D eigenvalue weighted by Crippen LogP contribution is 1.94. The van der Waals surface area contributed by atoms with Gasteiger partial charge in [-0.1, -0.05) is 38.8 Å². The second kappa shape index (κ2) is 16.6. The SMILES string of the molecule is C=CCS(=O)(=O)[O-].C=CCS(=O)(=O)[O-].CCCC[NH+]1C=CN=C1CC1=NC=C[NH+]1CCCC. The molecule has 2 N–H and O–H groups in total. The van der Waals surface area contributed by atoms with Crippen LogP contribution in [0.2, 0.25) is 0 Å². The number of rotatable bonds is 12. The van der Waals surface area contributed by atoms with Crippen molar-refractivity contribution < 1.29 is 35.7 Å². The molecule has 2 unspecified atom stereocenters. The summed E-state index contributed by atoms with van der Waals surface area (Å²) in [7, 11) is -8.08. The summed E-state index contributed by atoms with van der Waals surface area (Å²) in [5.41, 5.74) is 0. The normalized spacial score (nSPS) is 19.0. The van der Waals surface area contributed by atoms with Crippen LogP contribution in [-0.2, 0) is 20.2 Å². The van der Waals surface area contributed by atoms with E-state index in [1.54, 1.807) is 0 Å². The lowest BCUT2D eigenvalue weighted by Crippen LogP contribution is -3.13. The Morgan fingerprint density at radius 2 is 1.18 bits per heavy atom. The lowest BCUT2D eigenvalue weighted by atomic mass is 10.2. The molecule has 0 saturated heterocycles. The van der Waals surface area contributed by atoms with Gasteiger partial charge in [-0.3, -0.25) is 9.80 Å². The molecule has 2 aliphatic rings. The minimum atomic E-state index is -4.04. The van der Waals surface area contributed by atoms with Crippen molar-refractivity contribution in [3.63, 3.8) is 0 Å². The summed E-state index contributed by atoms with van der Waals surface area (Å²) in [6, 6.07) is 0. The van der Waals surface area contributed by atoms with Gasteiger partial charge in [-0.15, -0.1) is 13.2 Å². The summed E-state index contributed by atoms with van der Waals surface area (Å²) >= 11 is 0. The molecule has 0 radical (unpaired) electrons. The number of hydrogen-bond donors (Lipinski definition) is 2. The molecule has 33 heavy (non-hydrogen) atoms. The lowest BCUT2D eigenvalue weighted by Gasteiger charge is -2.15. The Labute approximate surface area is 198 Å². The van der Waals surface area contributed by atoms with E-state index < -0.39 is 31.7 Å². The van der Waals surface area contributed by atoms with Crippen molar-refractivity contribution in [2.75, 3.05) is 24.6 Å².